The van der Waals surface area contributed by atoms with Crippen LogP contribution in [0.1, 0.15) is 11.1 Å². The van der Waals surface area contributed by atoms with Gasteiger partial charge in [0.25, 0.3) is 0 Å². The maximum Gasteiger partial charge on any atom is 0.245 e. The van der Waals surface area contributed by atoms with Crippen LogP contribution in [0.2, 0.25) is 10.0 Å². The maximum absolute atomic E-state index is 12.4. The van der Waals surface area contributed by atoms with E-state index in [-0.39, 0.29) is 11.6 Å². The van der Waals surface area contributed by atoms with Crippen LogP contribution in [0, 0.1) is 13.8 Å². The van der Waals surface area contributed by atoms with Crippen molar-refractivity contribution in [2.45, 2.75) is 13.8 Å². The van der Waals surface area contributed by atoms with Crippen molar-refractivity contribution in [2.75, 3.05) is 22.4 Å². The Morgan fingerprint density at radius 3 is 2.48 bits per heavy atom. The largest absolute Gasteiger partial charge is 0.323 e. The Morgan fingerprint density at radius 2 is 1.84 bits per heavy atom. The molecule has 0 bridgehead atoms. The van der Waals surface area contributed by atoms with Crippen LogP contribution in [0.25, 0.3) is 0 Å². The number of nitrogens with one attached hydrogen (secondary N) is 1. The van der Waals surface area contributed by atoms with Crippen molar-refractivity contribution in [3.63, 3.8) is 0 Å². The predicted molar refractivity (Wildman–Crippen MR) is 103 cm³/mol. The van der Waals surface area contributed by atoms with Gasteiger partial charge in [0, 0.05) is 0 Å². The van der Waals surface area contributed by atoms with Crippen molar-refractivity contribution in [3.8, 4) is 0 Å². The molecule has 0 aliphatic heterocycles. The molecule has 0 radical (unpaired) electrons. The first kappa shape index (κ1) is 19.6. The number of anilines is 2. The highest BCUT2D eigenvalue weighted by molar-refractivity contribution is 7.92. The molecule has 5 nitrogen and oxygen atoms in total. The summed E-state index contributed by atoms with van der Waals surface area (Å²) in [7, 11) is -3.65. The molecule has 0 unspecified atom stereocenters. The third-order valence-electron chi connectivity index (χ3n) is 3.55. The number of benzene rings is 2. The third kappa shape index (κ3) is 4.87. The fraction of sp³-hybridized carbons (Fsp3) is 0.235. The van der Waals surface area contributed by atoms with Gasteiger partial charge in [-0.05, 0) is 43.2 Å². The summed E-state index contributed by atoms with van der Waals surface area (Å²) in [6.07, 6.45) is 1.06. The highest BCUT2D eigenvalue weighted by atomic mass is 35.5. The monoisotopic (exact) mass is 400 g/mol. The normalized spacial score (nSPS) is 11.2. The minimum Gasteiger partial charge on any atom is -0.323 e. The van der Waals surface area contributed by atoms with Crippen LogP contribution in [-0.4, -0.2) is 27.1 Å². The van der Waals surface area contributed by atoms with Gasteiger partial charge in [0.05, 0.1) is 27.7 Å². The van der Waals surface area contributed by atoms with E-state index in [9.17, 15) is 13.2 Å². The lowest BCUT2D eigenvalue weighted by molar-refractivity contribution is -0.114. The summed E-state index contributed by atoms with van der Waals surface area (Å²) in [4.78, 5) is 12.4. The number of halogens is 2. The zero-order valence-corrected chi connectivity index (χ0v) is 16.3. The van der Waals surface area contributed by atoms with E-state index >= 15 is 0 Å². The van der Waals surface area contributed by atoms with Crippen molar-refractivity contribution in [2.24, 2.45) is 0 Å². The molecule has 2 aromatic carbocycles. The van der Waals surface area contributed by atoms with Gasteiger partial charge < -0.3 is 5.32 Å². The van der Waals surface area contributed by atoms with Crippen molar-refractivity contribution in [1.82, 2.24) is 0 Å². The van der Waals surface area contributed by atoms with E-state index in [1.165, 1.54) is 0 Å². The lowest BCUT2D eigenvalue weighted by Gasteiger charge is -2.24. The fourth-order valence-electron chi connectivity index (χ4n) is 2.29. The van der Waals surface area contributed by atoms with Crippen LogP contribution in [0.4, 0.5) is 11.4 Å². The second-order valence-corrected chi connectivity index (χ2v) is 8.40. The van der Waals surface area contributed by atoms with Gasteiger partial charge in [-0.1, -0.05) is 41.4 Å². The predicted octanol–water partition coefficient (Wildman–Crippen LogP) is 4.01. The summed E-state index contributed by atoms with van der Waals surface area (Å²) < 4.78 is 25.5. The maximum atomic E-state index is 12.4. The van der Waals surface area contributed by atoms with E-state index < -0.39 is 15.9 Å². The molecule has 0 spiro atoms. The smallest absolute Gasteiger partial charge is 0.245 e. The molecule has 1 amide bonds. The highest BCUT2D eigenvalue weighted by Gasteiger charge is 2.23. The van der Waals surface area contributed by atoms with Crippen LogP contribution in [0.3, 0.4) is 0 Å². The van der Waals surface area contributed by atoms with E-state index in [0.29, 0.717) is 16.4 Å². The Balaban J connectivity index is 2.30. The van der Waals surface area contributed by atoms with Crippen LogP contribution in [-0.2, 0) is 14.8 Å². The van der Waals surface area contributed by atoms with Gasteiger partial charge in [0.15, 0.2) is 0 Å². The third-order valence-corrected chi connectivity index (χ3v) is 5.49. The summed E-state index contributed by atoms with van der Waals surface area (Å²) >= 11 is 12.0. The molecule has 1 N–H and O–H groups in total. The van der Waals surface area contributed by atoms with Crippen molar-refractivity contribution >= 4 is 50.5 Å². The SMILES string of the molecule is Cc1ccc(C)c(N(CC(=O)Nc2cccc(Cl)c2Cl)S(C)(=O)=O)c1. The molecule has 2 aromatic rings. The standard InChI is InChI=1S/C17H18Cl2N2O3S/c1-11-7-8-12(2)15(9-11)21(25(3,23)24)10-16(22)20-14-6-4-5-13(18)17(14)19/h4-9H,10H2,1-3H3,(H,20,22). The fourth-order valence-corrected chi connectivity index (χ4v) is 3.54. The molecule has 0 aliphatic rings. The summed E-state index contributed by atoms with van der Waals surface area (Å²) in [6.45, 7) is 3.28. The zero-order valence-electron chi connectivity index (χ0n) is 14.0. The minimum absolute atomic E-state index is 0.204. The van der Waals surface area contributed by atoms with Crippen molar-refractivity contribution in [3.05, 3.63) is 57.6 Å². The Morgan fingerprint density at radius 1 is 1.16 bits per heavy atom. The van der Waals surface area contributed by atoms with Gasteiger partial charge in [-0.3, -0.25) is 9.10 Å². The van der Waals surface area contributed by atoms with Gasteiger partial charge in [-0.15, -0.1) is 0 Å². The average molecular weight is 401 g/mol. The number of nitrogens with zero attached hydrogens (tertiary/aromatic N) is 1. The average Bonchev–Trinajstić information content (AvgIpc) is 2.51. The topological polar surface area (TPSA) is 66.5 Å². The van der Waals surface area contributed by atoms with Gasteiger partial charge in [-0.25, -0.2) is 8.42 Å². The molecule has 0 aromatic heterocycles. The van der Waals surface area contributed by atoms with Gasteiger partial charge in [-0.2, -0.15) is 0 Å². The number of hydrogen-bond donors (Lipinski definition) is 1. The molecule has 0 saturated carbocycles. The molecule has 25 heavy (non-hydrogen) atoms. The Hall–Kier alpha value is -1.76. The number of aryl methyl sites for hydroxylation is 2. The first-order chi connectivity index (χ1) is 11.6. The molecule has 0 saturated heterocycles. The molecular formula is C17H18Cl2N2O3S. The zero-order chi connectivity index (χ0) is 18.8. The number of carbonyl (C=O) groups excluding carboxylic acids is 1. The first-order valence-corrected chi connectivity index (χ1v) is 9.99. The number of hydrogen-bond acceptors (Lipinski definition) is 3. The van der Waals surface area contributed by atoms with E-state index in [2.05, 4.69) is 5.32 Å². The van der Waals surface area contributed by atoms with Gasteiger partial charge >= 0.3 is 0 Å². The number of rotatable bonds is 5. The number of amides is 1. The van der Waals surface area contributed by atoms with Crippen LogP contribution < -0.4 is 9.62 Å². The summed E-state index contributed by atoms with van der Waals surface area (Å²) in [5, 5.41) is 3.10. The molecule has 0 fully saturated rings. The molecular weight excluding hydrogens is 383 g/mol. The summed E-state index contributed by atoms with van der Waals surface area (Å²) in [5.41, 5.74) is 2.44. The molecule has 0 aliphatic carbocycles. The molecule has 0 heterocycles. The van der Waals surface area contributed by atoms with Gasteiger partial charge in [0.1, 0.15) is 6.54 Å². The van der Waals surface area contributed by atoms with E-state index in [4.69, 9.17) is 23.2 Å². The van der Waals surface area contributed by atoms with Gasteiger partial charge in [0.2, 0.25) is 15.9 Å². The summed E-state index contributed by atoms with van der Waals surface area (Å²) in [6, 6.07) is 10.3. The number of sulfonamides is 1. The second kappa shape index (κ2) is 7.64. The molecule has 2 rings (SSSR count). The number of carbonyl (C=O) groups is 1. The first-order valence-electron chi connectivity index (χ1n) is 7.38. The van der Waals surface area contributed by atoms with E-state index in [1.54, 1.807) is 31.2 Å². The van der Waals surface area contributed by atoms with Crippen LogP contribution in [0.15, 0.2) is 36.4 Å². The molecule has 0 atom stereocenters. The summed E-state index contributed by atoms with van der Waals surface area (Å²) in [5.74, 6) is -0.518. The van der Waals surface area contributed by atoms with Crippen LogP contribution in [0.5, 0.6) is 0 Å². The minimum atomic E-state index is -3.65. The quantitative estimate of drug-likeness (QED) is 0.823. The molecule has 134 valence electrons. The lowest BCUT2D eigenvalue weighted by atomic mass is 10.1. The van der Waals surface area contributed by atoms with Crippen molar-refractivity contribution in [1.29, 1.82) is 0 Å². The Bertz CT molecular complexity index is 914. The highest BCUT2D eigenvalue weighted by Crippen LogP contribution is 2.30. The lowest BCUT2D eigenvalue weighted by Crippen LogP contribution is -2.38. The Labute approximate surface area is 157 Å². The Kier molecular flexibility index (Phi) is 5.98. The van der Waals surface area contributed by atoms with Crippen molar-refractivity contribution < 1.29 is 13.2 Å². The second-order valence-electron chi connectivity index (χ2n) is 5.71. The van der Waals surface area contributed by atoms with E-state index in [0.717, 1.165) is 21.7 Å². The van der Waals surface area contributed by atoms with E-state index in [1.807, 2.05) is 19.1 Å². The van der Waals surface area contributed by atoms with Crippen LogP contribution >= 0.6 is 23.2 Å². The molecule has 8 heteroatoms.